The van der Waals surface area contributed by atoms with E-state index in [9.17, 15) is 18.0 Å². The molecule has 0 aliphatic rings. The van der Waals surface area contributed by atoms with Gasteiger partial charge >= 0.3 is 12.1 Å². The van der Waals surface area contributed by atoms with E-state index in [1.54, 1.807) is 0 Å². The minimum absolute atomic E-state index is 0.0579. The molecule has 1 rings (SSSR count). The summed E-state index contributed by atoms with van der Waals surface area (Å²) in [4.78, 5) is 10.3. The quantitative estimate of drug-likeness (QED) is 0.891. The van der Waals surface area contributed by atoms with Crippen molar-refractivity contribution in [2.75, 3.05) is 7.11 Å². The smallest absolute Gasteiger partial charge is 0.419 e. The first-order valence-corrected chi connectivity index (χ1v) is 4.80. The number of methoxy groups -OCH3 is 1. The number of hydrogen-bond acceptors (Lipinski definition) is 2. The van der Waals surface area contributed by atoms with E-state index in [2.05, 4.69) is 4.74 Å². The topological polar surface area (TPSA) is 46.5 Å². The lowest BCUT2D eigenvalue weighted by molar-refractivity contribution is -0.138. The highest BCUT2D eigenvalue weighted by atomic mass is 19.4. The van der Waals surface area contributed by atoms with Crippen LogP contribution in [0.1, 0.15) is 17.5 Å². The zero-order valence-corrected chi connectivity index (χ0v) is 9.04. The second-order valence-electron chi connectivity index (χ2n) is 3.43. The van der Waals surface area contributed by atoms with Crippen LogP contribution >= 0.6 is 0 Å². The van der Waals surface area contributed by atoms with Gasteiger partial charge in [-0.3, -0.25) is 4.79 Å². The Balaban J connectivity index is 3.01. The molecular formula is C11H11F3O3. The van der Waals surface area contributed by atoms with Crippen molar-refractivity contribution in [3.8, 4) is 5.75 Å². The number of rotatable bonds is 4. The van der Waals surface area contributed by atoms with Crippen LogP contribution in [-0.4, -0.2) is 18.2 Å². The molecule has 0 unspecified atom stereocenters. The highest BCUT2D eigenvalue weighted by molar-refractivity contribution is 5.67. The molecule has 3 nitrogen and oxygen atoms in total. The van der Waals surface area contributed by atoms with Crippen LogP contribution in [0.4, 0.5) is 13.2 Å². The summed E-state index contributed by atoms with van der Waals surface area (Å²) in [6.07, 6.45) is -4.66. The molecule has 0 aliphatic carbocycles. The van der Waals surface area contributed by atoms with Crippen molar-refractivity contribution in [3.63, 3.8) is 0 Å². The zero-order chi connectivity index (χ0) is 13.1. The van der Waals surface area contributed by atoms with Crippen molar-refractivity contribution < 1.29 is 27.8 Å². The number of aryl methyl sites for hydroxylation is 1. The number of ether oxygens (including phenoxy) is 1. The van der Waals surface area contributed by atoms with E-state index in [0.717, 1.165) is 13.2 Å². The molecule has 0 atom stereocenters. The van der Waals surface area contributed by atoms with E-state index in [0.29, 0.717) is 5.56 Å². The van der Waals surface area contributed by atoms with Crippen LogP contribution in [0.25, 0.3) is 0 Å². The molecule has 6 heteroatoms. The zero-order valence-electron chi connectivity index (χ0n) is 9.04. The number of alkyl halides is 3. The minimum Gasteiger partial charge on any atom is -0.496 e. The molecule has 17 heavy (non-hydrogen) atoms. The Hall–Kier alpha value is -1.72. The predicted octanol–water partition coefficient (Wildman–Crippen LogP) is 2.73. The largest absolute Gasteiger partial charge is 0.496 e. The lowest BCUT2D eigenvalue weighted by Gasteiger charge is -2.13. The van der Waals surface area contributed by atoms with Gasteiger partial charge in [-0.05, 0) is 24.1 Å². The van der Waals surface area contributed by atoms with E-state index < -0.39 is 17.7 Å². The predicted molar refractivity (Wildman–Crippen MR) is 54.0 cm³/mol. The molecule has 1 aromatic rings. The molecule has 1 N–H and O–H groups in total. The molecule has 0 fully saturated rings. The fraction of sp³-hybridized carbons (Fsp3) is 0.364. The van der Waals surface area contributed by atoms with Gasteiger partial charge in [0.05, 0.1) is 12.7 Å². The van der Waals surface area contributed by atoms with Gasteiger partial charge in [0.1, 0.15) is 5.75 Å². The van der Waals surface area contributed by atoms with Crippen LogP contribution in [-0.2, 0) is 17.4 Å². The average molecular weight is 248 g/mol. The Bertz CT molecular complexity index is 413. The van der Waals surface area contributed by atoms with Gasteiger partial charge in [0.15, 0.2) is 0 Å². The first kappa shape index (κ1) is 13.3. The summed E-state index contributed by atoms with van der Waals surface area (Å²) in [6.45, 7) is 0. The van der Waals surface area contributed by atoms with Crippen LogP contribution in [0.3, 0.4) is 0 Å². The van der Waals surface area contributed by atoms with Crippen LogP contribution in [0.5, 0.6) is 5.75 Å². The molecule has 0 aliphatic heterocycles. The number of carboxylic acid groups (broad SMARTS) is 1. The Morgan fingerprint density at radius 2 is 2.06 bits per heavy atom. The molecule has 0 heterocycles. The molecule has 1 aromatic carbocycles. The number of aliphatic carboxylic acids is 1. The molecule has 94 valence electrons. The van der Waals surface area contributed by atoms with Gasteiger partial charge in [0.2, 0.25) is 0 Å². The van der Waals surface area contributed by atoms with Crippen molar-refractivity contribution in [2.24, 2.45) is 0 Å². The van der Waals surface area contributed by atoms with Crippen LogP contribution in [0.2, 0.25) is 0 Å². The first-order valence-electron chi connectivity index (χ1n) is 4.80. The maximum Gasteiger partial charge on any atom is 0.419 e. The van der Waals surface area contributed by atoms with Crippen molar-refractivity contribution >= 4 is 5.97 Å². The fourth-order valence-corrected chi connectivity index (χ4v) is 1.38. The van der Waals surface area contributed by atoms with Gasteiger partial charge in [0.25, 0.3) is 0 Å². The summed E-state index contributed by atoms with van der Waals surface area (Å²) in [7, 11) is 1.15. The Kier molecular flexibility index (Phi) is 3.98. The number of hydrogen-bond donors (Lipinski definition) is 1. The summed E-state index contributed by atoms with van der Waals surface area (Å²) in [6, 6.07) is 3.54. The lowest BCUT2D eigenvalue weighted by Crippen LogP contribution is -2.08. The summed E-state index contributed by atoms with van der Waals surface area (Å²) >= 11 is 0. The summed E-state index contributed by atoms with van der Waals surface area (Å²) < 4.78 is 42.5. The molecule has 0 amide bonds. The van der Waals surface area contributed by atoms with Crippen LogP contribution in [0, 0.1) is 0 Å². The summed E-state index contributed by atoms with van der Waals surface area (Å²) in [5.74, 6) is -1.31. The SMILES string of the molecule is COc1ccc(CCC(=O)O)cc1C(F)(F)F. The Morgan fingerprint density at radius 3 is 2.53 bits per heavy atom. The fourth-order valence-electron chi connectivity index (χ4n) is 1.38. The van der Waals surface area contributed by atoms with E-state index in [-0.39, 0.29) is 18.6 Å². The normalized spacial score (nSPS) is 11.3. The second-order valence-corrected chi connectivity index (χ2v) is 3.43. The maximum absolute atomic E-state index is 12.6. The number of benzene rings is 1. The third-order valence-corrected chi connectivity index (χ3v) is 2.20. The van der Waals surface area contributed by atoms with Gasteiger partial charge in [-0.2, -0.15) is 13.2 Å². The first-order chi connectivity index (χ1) is 7.84. The van der Waals surface area contributed by atoms with Crippen LogP contribution < -0.4 is 4.74 Å². The molecule has 0 aromatic heterocycles. The van der Waals surface area contributed by atoms with Crippen molar-refractivity contribution in [1.29, 1.82) is 0 Å². The van der Waals surface area contributed by atoms with E-state index in [4.69, 9.17) is 5.11 Å². The summed E-state index contributed by atoms with van der Waals surface area (Å²) in [5, 5.41) is 8.46. The third kappa shape index (κ3) is 3.65. The number of halogens is 3. The lowest BCUT2D eigenvalue weighted by atomic mass is 10.1. The highest BCUT2D eigenvalue weighted by Crippen LogP contribution is 2.36. The molecule has 0 saturated carbocycles. The molecule has 0 spiro atoms. The van der Waals surface area contributed by atoms with Gasteiger partial charge in [-0.25, -0.2) is 0 Å². The number of carbonyl (C=O) groups is 1. The highest BCUT2D eigenvalue weighted by Gasteiger charge is 2.34. The van der Waals surface area contributed by atoms with E-state index in [1.165, 1.54) is 12.1 Å². The second kappa shape index (κ2) is 5.07. The Morgan fingerprint density at radius 1 is 1.41 bits per heavy atom. The van der Waals surface area contributed by atoms with Crippen molar-refractivity contribution in [2.45, 2.75) is 19.0 Å². The average Bonchev–Trinajstić information content (AvgIpc) is 2.24. The van der Waals surface area contributed by atoms with E-state index >= 15 is 0 Å². The minimum atomic E-state index is -4.51. The van der Waals surface area contributed by atoms with Crippen LogP contribution in [0.15, 0.2) is 18.2 Å². The molecule has 0 bridgehead atoms. The van der Waals surface area contributed by atoms with Gasteiger partial charge in [0, 0.05) is 6.42 Å². The standard InChI is InChI=1S/C11H11F3O3/c1-17-9-4-2-7(3-5-10(15)16)6-8(9)11(12,13)14/h2,4,6H,3,5H2,1H3,(H,15,16). The summed E-state index contributed by atoms with van der Waals surface area (Å²) in [5.41, 5.74) is -0.566. The molecule has 0 saturated heterocycles. The number of carboxylic acids is 1. The van der Waals surface area contributed by atoms with Crippen molar-refractivity contribution in [1.82, 2.24) is 0 Å². The Labute approximate surface area is 95.8 Å². The van der Waals surface area contributed by atoms with Crippen molar-refractivity contribution in [3.05, 3.63) is 29.3 Å². The molecule has 0 radical (unpaired) electrons. The van der Waals surface area contributed by atoms with E-state index in [1.807, 2.05) is 0 Å². The monoisotopic (exact) mass is 248 g/mol. The maximum atomic E-state index is 12.6. The van der Waals surface area contributed by atoms with Gasteiger partial charge in [-0.1, -0.05) is 6.07 Å². The molecular weight excluding hydrogens is 237 g/mol. The van der Waals surface area contributed by atoms with Gasteiger partial charge in [-0.15, -0.1) is 0 Å². The van der Waals surface area contributed by atoms with Gasteiger partial charge < -0.3 is 9.84 Å². The third-order valence-electron chi connectivity index (χ3n) is 2.20.